The van der Waals surface area contributed by atoms with Gasteiger partial charge in [0.25, 0.3) is 0 Å². The van der Waals surface area contributed by atoms with Gasteiger partial charge < -0.3 is 42.0 Å². The summed E-state index contributed by atoms with van der Waals surface area (Å²) >= 11 is 0. The van der Waals surface area contributed by atoms with Gasteiger partial charge in [0.1, 0.15) is 53.9 Å². The van der Waals surface area contributed by atoms with E-state index in [1.807, 2.05) is 0 Å². The Hall–Kier alpha value is -7.45. The van der Waals surface area contributed by atoms with Crippen LogP contribution in [0.3, 0.4) is 0 Å². The Balaban J connectivity index is 2.38. The molecule has 0 fully saturated rings. The number of ether oxygens (including phenoxy) is 6. The first-order chi connectivity index (χ1) is 34.9. The Morgan fingerprint density at radius 1 is 0.378 bits per heavy atom. The van der Waals surface area contributed by atoms with Crippen molar-refractivity contribution in [3.8, 4) is 17.2 Å². The van der Waals surface area contributed by atoms with Gasteiger partial charge in [-0.15, -0.1) is 0 Å². The second-order valence-corrected chi connectivity index (χ2v) is 19.1. The molecule has 16 nitrogen and oxygen atoms in total. The number of hydrogen-bond acceptors (Lipinski definition) is 16. The van der Waals surface area contributed by atoms with Crippen LogP contribution in [-0.2, 0) is 100 Å². The first-order valence-electron chi connectivity index (χ1n) is 23.9. The highest BCUT2D eigenvalue weighted by atomic mass is 31.2. The van der Waals surface area contributed by atoms with Crippen LogP contribution in [0, 0.1) is 20.8 Å². The summed E-state index contributed by atoms with van der Waals surface area (Å²) in [7, 11) is -4.94. The molecule has 0 N–H and O–H groups in total. The Bertz CT molecular complexity index is 2380. The minimum Gasteiger partial charge on any atom is -0.459 e. The first-order valence-corrected chi connectivity index (χ1v) is 25.4. The third-order valence-corrected chi connectivity index (χ3v) is 12.7. The summed E-state index contributed by atoms with van der Waals surface area (Å²) < 4.78 is 68.5. The van der Waals surface area contributed by atoms with Gasteiger partial charge in [-0.05, 0) is 131 Å². The summed E-state index contributed by atoms with van der Waals surface area (Å²) in [6.07, 6.45) is 3.51. The summed E-state index contributed by atoms with van der Waals surface area (Å²) in [5.41, 5.74) is 5.33. The Morgan fingerprint density at radius 3 is 0.757 bits per heavy atom. The van der Waals surface area contributed by atoms with E-state index in [0.717, 1.165) is 36.5 Å². The number of phosphoric acid groups is 1. The van der Waals surface area contributed by atoms with Crippen molar-refractivity contribution < 1.29 is 75.3 Å². The van der Waals surface area contributed by atoms with E-state index in [2.05, 4.69) is 39.5 Å². The van der Waals surface area contributed by atoms with Crippen molar-refractivity contribution in [1.82, 2.24) is 0 Å². The summed E-state index contributed by atoms with van der Waals surface area (Å²) in [6.45, 7) is 36.3. The van der Waals surface area contributed by atoms with Crippen LogP contribution in [0.1, 0.15) is 91.6 Å². The number of hydrogen-bond donors (Lipinski definition) is 0. The molecule has 0 aliphatic carbocycles. The molecule has 3 rings (SSSR count). The molecular weight excluding hydrogens is 972 g/mol. The molecule has 0 saturated heterocycles. The largest absolute Gasteiger partial charge is 0.647 e. The lowest BCUT2D eigenvalue weighted by Gasteiger charge is -2.27. The molecule has 0 saturated carbocycles. The van der Waals surface area contributed by atoms with E-state index in [0.29, 0.717) is 50.1 Å². The van der Waals surface area contributed by atoms with E-state index < -0.39 is 80.3 Å². The highest BCUT2D eigenvalue weighted by Gasteiger charge is 2.37. The Morgan fingerprint density at radius 2 is 0.568 bits per heavy atom. The van der Waals surface area contributed by atoms with Crippen molar-refractivity contribution in [2.45, 2.75) is 137 Å². The zero-order chi connectivity index (χ0) is 55.4. The topological polar surface area (TPSA) is 203 Å². The molecule has 0 aliphatic heterocycles. The van der Waals surface area contributed by atoms with Gasteiger partial charge in [-0.25, -0.2) is 28.8 Å². The van der Waals surface area contributed by atoms with E-state index in [-0.39, 0.29) is 55.8 Å². The zero-order valence-electron chi connectivity index (χ0n) is 43.9. The average Bonchev–Trinajstić information content (AvgIpc) is 3.34. The highest BCUT2D eigenvalue weighted by Crippen LogP contribution is 2.53. The standard InChI is InChI=1S/C57H69O16P/c1-16-52(58)65-34(7)28-43-22-25-49(40(13)46(43)31-37(10)68-55(61)19-4)71-74(64,72-50-26-23-44(29-35(8)66-53(59)17-2)47(41(50)14)32-38(11)69-56(62)20-5)73-51-27-24-45(30-36(9)67-54(60)18-3)48(42(51)15)33-39(12)70-57(63)21-6/h16-27,34-39H,1-6,28-33H2,7-15H3. The van der Waals surface area contributed by atoms with Crippen molar-refractivity contribution in [1.29, 1.82) is 0 Å². The fraction of sp³-hybridized carbons (Fsp3) is 0.368. The Labute approximate surface area is 434 Å². The lowest BCUT2D eigenvalue weighted by Crippen LogP contribution is -2.21. The quantitative estimate of drug-likeness (QED) is 0.0264. The fourth-order valence-corrected chi connectivity index (χ4v) is 9.46. The molecule has 0 aromatic heterocycles. The second-order valence-electron chi connectivity index (χ2n) is 17.6. The molecule has 3 aromatic rings. The lowest BCUT2D eigenvalue weighted by molar-refractivity contribution is -0.143. The number of benzene rings is 3. The SMILES string of the molecule is C=CC(=O)OC(C)Cc1ccc(OP(=O)(Oc2ccc(CC(C)OC(=O)C=C)c(CC(C)OC(=O)C=C)c2C)Oc2ccc(CC(C)OC(=O)C=C)c(CC(C)OC(=O)C=C)c2C)c(C)c1CC(C)OC(=O)C=C. The molecule has 398 valence electrons. The van der Waals surface area contributed by atoms with Gasteiger partial charge in [-0.3, -0.25) is 0 Å². The van der Waals surface area contributed by atoms with Crippen LogP contribution in [0.25, 0.3) is 0 Å². The number of rotatable bonds is 30. The van der Waals surface area contributed by atoms with Gasteiger partial charge >= 0.3 is 43.6 Å². The maximum atomic E-state index is 15.9. The smallest absolute Gasteiger partial charge is 0.459 e. The Kier molecular flexibility index (Phi) is 23.6. The third-order valence-electron chi connectivity index (χ3n) is 11.5. The highest BCUT2D eigenvalue weighted by molar-refractivity contribution is 7.49. The van der Waals surface area contributed by atoms with Gasteiger partial charge in [0.2, 0.25) is 0 Å². The van der Waals surface area contributed by atoms with Gasteiger partial charge in [-0.2, -0.15) is 4.57 Å². The molecule has 17 heteroatoms. The van der Waals surface area contributed by atoms with Gasteiger partial charge in [0.15, 0.2) is 0 Å². The van der Waals surface area contributed by atoms with Crippen molar-refractivity contribution in [2.75, 3.05) is 0 Å². The van der Waals surface area contributed by atoms with Crippen molar-refractivity contribution in [3.05, 3.63) is 162 Å². The number of esters is 6. The first kappa shape index (κ1) is 60.9. The van der Waals surface area contributed by atoms with Crippen molar-refractivity contribution in [3.63, 3.8) is 0 Å². The fourth-order valence-electron chi connectivity index (χ4n) is 8.03. The van der Waals surface area contributed by atoms with E-state index in [9.17, 15) is 28.8 Å². The van der Waals surface area contributed by atoms with Crippen LogP contribution in [0.5, 0.6) is 17.2 Å². The minimum atomic E-state index is -4.94. The molecule has 0 amide bonds. The van der Waals surface area contributed by atoms with Crippen molar-refractivity contribution >= 4 is 43.6 Å². The van der Waals surface area contributed by atoms with Crippen LogP contribution in [0.4, 0.5) is 0 Å². The van der Waals surface area contributed by atoms with Crippen molar-refractivity contribution in [2.24, 2.45) is 0 Å². The van der Waals surface area contributed by atoms with Crippen LogP contribution < -0.4 is 13.6 Å². The molecule has 0 heterocycles. The van der Waals surface area contributed by atoms with E-state index in [1.165, 1.54) is 0 Å². The maximum Gasteiger partial charge on any atom is 0.647 e. The third kappa shape index (κ3) is 18.5. The summed E-state index contributed by atoms with van der Waals surface area (Å²) in [6, 6.07) is 9.83. The van der Waals surface area contributed by atoms with Crippen LogP contribution >= 0.6 is 7.82 Å². The summed E-state index contributed by atoms with van der Waals surface area (Å²) in [5.74, 6) is -3.63. The normalized spacial score (nSPS) is 14.0. The van der Waals surface area contributed by atoms with E-state index in [1.54, 1.807) is 98.7 Å². The predicted molar refractivity (Wildman–Crippen MR) is 280 cm³/mol. The minimum absolute atomic E-state index is 0.0553. The molecule has 0 bridgehead atoms. The lowest BCUT2D eigenvalue weighted by atomic mass is 9.93. The molecule has 0 radical (unpaired) electrons. The van der Waals surface area contributed by atoms with E-state index >= 15 is 4.57 Å². The summed E-state index contributed by atoms with van der Waals surface area (Å²) in [4.78, 5) is 73.5. The molecule has 0 aliphatic rings. The summed E-state index contributed by atoms with van der Waals surface area (Å²) in [5, 5.41) is 0. The predicted octanol–water partition coefficient (Wildman–Crippen LogP) is 10.2. The molecule has 74 heavy (non-hydrogen) atoms. The maximum absolute atomic E-state index is 15.9. The van der Waals surface area contributed by atoms with Crippen LogP contribution in [0.2, 0.25) is 0 Å². The van der Waals surface area contributed by atoms with Gasteiger partial charge in [0, 0.05) is 75.0 Å². The number of carbonyl (C=O) groups excluding carboxylic acids is 6. The zero-order valence-corrected chi connectivity index (χ0v) is 44.8. The van der Waals surface area contributed by atoms with E-state index in [4.69, 9.17) is 42.0 Å². The van der Waals surface area contributed by atoms with Crippen LogP contribution in [0.15, 0.2) is 112 Å². The molecule has 6 atom stereocenters. The molecule has 0 spiro atoms. The number of phosphoric ester groups is 1. The molecule has 6 unspecified atom stereocenters. The van der Waals surface area contributed by atoms with Crippen LogP contribution in [-0.4, -0.2) is 72.4 Å². The average molecular weight is 1040 g/mol. The second kappa shape index (κ2) is 28.7. The molecule has 3 aromatic carbocycles. The monoisotopic (exact) mass is 1040 g/mol. The van der Waals surface area contributed by atoms with Gasteiger partial charge in [0.05, 0.1) is 0 Å². The number of carbonyl (C=O) groups is 6. The van der Waals surface area contributed by atoms with Gasteiger partial charge in [-0.1, -0.05) is 57.7 Å². The molecular formula is C57H69O16P.